The lowest BCUT2D eigenvalue weighted by molar-refractivity contribution is -0.147. The number of likely N-dealkylation sites (N-methyl/N-ethyl adjacent to an activating group) is 1. The Hall–Kier alpha value is -0.700. The maximum Gasteiger partial charge on any atom is 0.282 e. The highest BCUT2D eigenvalue weighted by atomic mass is 32.2. The van der Waals surface area contributed by atoms with Crippen molar-refractivity contribution in [2.45, 2.75) is 39.2 Å². The molecule has 7 nitrogen and oxygen atoms in total. The van der Waals surface area contributed by atoms with Gasteiger partial charge in [-0.2, -0.15) is 17.0 Å². The van der Waals surface area contributed by atoms with Crippen LogP contribution in [0.1, 0.15) is 33.1 Å². The van der Waals surface area contributed by atoms with Crippen molar-refractivity contribution in [2.75, 3.05) is 52.9 Å². The Morgan fingerprint density at radius 3 is 2.25 bits per heavy atom. The second-order valence-electron chi connectivity index (χ2n) is 7.77. The van der Waals surface area contributed by atoms with Crippen molar-refractivity contribution in [3.8, 4) is 0 Å². The molecular weight excluding hydrogens is 328 g/mol. The van der Waals surface area contributed by atoms with E-state index in [0.29, 0.717) is 32.6 Å². The summed E-state index contributed by atoms with van der Waals surface area (Å²) < 4.78 is 29.0. The summed E-state index contributed by atoms with van der Waals surface area (Å²) in [7, 11) is -1.44. The third-order valence-corrected chi connectivity index (χ3v) is 7.81. The van der Waals surface area contributed by atoms with E-state index in [9.17, 15) is 13.2 Å². The molecule has 1 spiro atoms. The SMILES string of the molecule is CC(C)N1CCCC2(CCN(S(=O)(=O)N3CCN(C)CC3)C2)C1=O. The van der Waals surface area contributed by atoms with Gasteiger partial charge in [0.2, 0.25) is 5.91 Å². The molecule has 24 heavy (non-hydrogen) atoms. The smallest absolute Gasteiger partial charge is 0.282 e. The van der Waals surface area contributed by atoms with Crippen LogP contribution in [0.3, 0.4) is 0 Å². The normalized spacial score (nSPS) is 31.5. The molecule has 0 aromatic rings. The van der Waals surface area contributed by atoms with Crippen molar-refractivity contribution in [1.29, 1.82) is 0 Å². The average molecular weight is 359 g/mol. The molecule has 0 N–H and O–H groups in total. The summed E-state index contributed by atoms with van der Waals surface area (Å²) >= 11 is 0. The van der Waals surface area contributed by atoms with Crippen molar-refractivity contribution in [2.24, 2.45) is 5.41 Å². The van der Waals surface area contributed by atoms with Gasteiger partial charge in [0.1, 0.15) is 0 Å². The number of carbonyl (C=O) groups is 1. The summed E-state index contributed by atoms with van der Waals surface area (Å²) in [5, 5.41) is 0. The van der Waals surface area contributed by atoms with E-state index in [1.54, 1.807) is 8.61 Å². The summed E-state index contributed by atoms with van der Waals surface area (Å²) in [5.74, 6) is 0.153. The molecule has 1 atom stereocenters. The molecular formula is C16H30N4O3S. The number of rotatable bonds is 3. The van der Waals surface area contributed by atoms with Crippen LogP contribution in [-0.2, 0) is 15.0 Å². The van der Waals surface area contributed by atoms with Gasteiger partial charge in [-0.05, 0) is 40.2 Å². The molecule has 3 fully saturated rings. The van der Waals surface area contributed by atoms with Gasteiger partial charge in [-0.1, -0.05) is 0 Å². The largest absolute Gasteiger partial charge is 0.340 e. The van der Waals surface area contributed by atoms with E-state index < -0.39 is 15.6 Å². The van der Waals surface area contributed by atoms with E-state index in [1.165, 1.54) is 0 Å². The minimum Gasteiger partial charge on any atom is -0.340 e. The third kappa shape index (κ3) is 3.09. The highest BCUT2D eigenvalue weighted by Gasteiger charge is 2.52. The summed E-state index contributed by atoms with van der Waals surface area (Å²) in [4.78, 5) is 17.0. The highest BCUT2D eigenvalue weighted by Crippen LogP contribution is 2.41. The van der Waals surface area contributed by atoms with Crippen LogP contribution in [0, 0.1) is 5.41 Å². The van der Waals surface area contributed by atoms with Crippen molar-refractivity contribution in [3.63, 3.8) is 0 Å². The molecule has 1 amide bonds. The summed E-state index contributed by atoms with van der Waals surface area (Å²) in [6.45, 7) is 8.27. The number of piperazine rings is 1. The Morgan fingerprint density at radius 2 is 1.62 bits per heavy atom. The minimum absolute atomic E-state index is 0.153. The van der Waals surface area contributed by atoms with E-state index >= 15 is 0 Å². The summed E-state index contributed by atoms with van der Waals surface area (Å²) in [6, 6.07) is 0.179. The molecule has 0 radical (unpaired) electrons. The Kier molecular flexibility index (Phi) is 4.94. The average Bonchev–Trinajstić information content (AvgIpc) is 2.96. The fourth-order valence-corrected chi connectivity index (χ4v) is 5.87. The topological polar surface area (TPSA) is 64.2 Å². The van der Waals surface area contributed by atoms with E-state index in [-0.39, 0.29) is 11.9 Å². The van der Waals surface area contributed by atoms with E-state index in [1.807, 2.05) is 25.8 Å². The third-order valence-electron chi connectivity index (χ3n) is 5.83. The van der Waals surface area contributed by atoms with E-state index in [0.717, 1.165) is 32.5 Å². The fraction of sp³-hybridized carbons (Fsp3) is 0.938. The first-order chi connectivity index (χ1) is 11.3. The number of nitrogens with zero attached hydrogens (tertiary/aromatic N) is 4. The van der Waals surface area contributed by atoms with Gasteiger partial charge in [0.15, 0.2) is 0 Å². The van der Waals surface area contributed by atoms with Gasteiger partial charge >= 0.3 is 0 Å². The van der Waals surface area contributed by atoms with Gasteiger partial charge < -0.3 is 9.80 Å². The van der Waals surface area contributed by atoms with Gasteiger partial charge in [0.25, 0.3) is 10.2 Å². The van der Waals surface area contributed by atoms with Crippen LogP contribution < -0.4 is 0 Å². The molecule has 3 aliphatic heterocycles. The maximum atomic E-state index is 13.0. The lowest BCUT2D eigenvalue weighted by atomic mass is 9.78. The summed E-state index contributed by atoms with van der Waals surface area (Å²) in [6.07, 6.45) is 2.43. The lowest BCUT2D eigenvalue weighted by Crippen LogP contribution is -2.54. The quantitative estimate of drug-likeness (QED) is 0.723. The predicted octanol–water partition coefficient (Wildman–Crippen LogP) is 0.202. The predicted molar refractivity (Wildman–Crippen MR) is 92.7 cm³/mol. The van der Waals surface area contributed by atoms with Crippen molar-refractivity contribution in [1.82, 2.24) is 18.4 Å². The number of piperidine rings is 1. The Morgan fingerprint density at radius 1 is 0.958 bits per heavy atom. The molecule has 3 aliphatic rings. The van der Waals surface area contributed by atoms with Crippen LogP contribution in [0.2, 0.25) is 0 Å². The van der Waals surface area contributed by atoms with Gasteiger partial charge in [-0.15, -0.1) is 0 Å². The van der Waals surface area contributed by atoms with Gasteiger partial charge in [0, 0.05) is 51.9 Å². The zero-order valence-electron chi connectivity index (χ0n) is 15.1. The van der Waals surface area contributed by atoms with Crippen molar-refractivity contribution >= 4 is 16.1 Å². The minimum atomic E-state index is -3.45. The van der Waals surface area contributed by atoms with Crippen LogP contribution in [-0.4, -0.2) is 91.6 Å². The molecule has 0 aromatic carbocycles. The van der Waals surface area contributed by atoms with Crippen LogP contribution in [0.15, 0.2) is 0 Å². The fourth-order valence-electron chi connectivity index (χ4n) is 4.19. The van der Waals surface area contributed by atoms with Crippen LogP contribution in [0.5, 0.6) is 0 Å². The number of hydrogen-bond donors (Lipinski definition) is 0. The van der Waals surface area contributed by atoms with E-state index in [2.05, 4.69) is 4.90 Å². The molecule has 138 valence electrons. The lowest BCUT2D eigenvalue weighted by Gasteiger charge is -2.41. The molecule has 0 aromatic heterocycles. The Bertz CT molecular complexity index is 586. The van der Waals surface area contributed by atoms with Crippen LogP contribution in [0.25, 0.3) is 0 Å². The number of carbonyl (C=O) groups excluding carboxylic acids is 1. The standard InChI is InChI=1S/C16H30N4O3S/c1-14(2)20-7-4-5-16(15(20)21)6-8-19(13-16)24(22,23)18-11-9-17(3)10-12-18/h14H,4-13H2,1-3H3. The van der Waals surface area contributed by atoms with Crippen molar-refractivity contribution in [3.05, 3.63) is 0 Å². The zero-order valence-corrected chi connectivity index (χ0v) is 15.9. The number of hydrogen-bond acceptors (Lipinski definition) is 4. The van der Waals surface area contributed by atoms with E-state index in [4.69, 9.17) is 0 Å². The first kappa shape index (κ1) is 18.1. The highest BCUT2D eigenvalue weighted by molar-refractivity contribution is 7.86. The first-order valence-electron chi connectivity index (χ1n) is 9.01. The molecule has 0 aliphatic carbocycles. The maximum absolute atomic E-state index is 13.0. The van der Waals surface area contributed by atoms with Gasteiger partial charge in [0.05, 0.1) is 5.41 Å². The molecule has 1 unspecified atom stereocenters. The number of likely N-dealkylation sites (tertiary alicyclic amines) is 1. The first-order valence-corrected chi connectivity index (χ1v) is 10.4. The van der Waals surface area contributed by atoms with Crippen molar-refractivity contribution < 1.29 is 13.2 Å². The van der Waals surface area contributed by atoms with Crippen LogP contribution in [0.4, 0.5) is 0 Å². The second-order valence-corrected chi connectivity index (χ2v) is 9.70. The Labute approximate surface area is 145 Å². The number of amides is 1. The Balaban J connectivity index is 1.73. The van der Waals surface area contributed by atoms with Gasteiger partial charge in [-0.25, -0.2) is 0 Å². The molecule has 0 bridgehead atoms. The molecule has 8 heteroatoms. The van der Waals surface area contributed by atoms with Crippen LogP contribution >= 0.6 is 0 Å². The zero-order chi connectivity index (χ0) is 17.5. The molecule has 0 saturated carbocycles. The summed E-state index contributed by atoms with van der Waals surface area (Å²) in [5.41, 5.74) is -0.498. The second kappa shape index (κ2) is 6.55. The monoisotopic (exact) mass is 358 g/mol. The molecule has 3 rings (SSSR count). The van der Waals surface area contributed by atoms with Gasteiger partial charge in [-0.3, -0.25) is 4.79 Å². The molecule has 3 heterocycles. The molecule has 3 saturated heterocycles.